The quantitative estimate of drug-likeness (QED) is 0.686. The van der Waals surface area contributed by atoms with Crippen molar-refractivity contribution in [1.82, 2.24) is 5.32 Å². The third-order valence-electron chi connectivity index (χ3n) is 3.68. The van der Waals surface area contributed by atoms with Crippen molar-refractivity contribution in [3.63, 3.8) is 0 Å². The minimum Gasteiger partial charge on any atom is -0.303 e. The van der Waals surface area contributed by atoms with E-state index in [9.17, 15) is 4.79 Å². The van der Waals surface area contributed by atoms with Crippen molar-refractivity contribution in [3.8, 4) is 0 Å². The van der Waals surface area contributed by atoms with Crippen molar-refractivity contribution in [3.05, 3.63) is 70.8 Å². The Morgan fingerprint density at radius 3 is 2.62 bits per heavy atom. The number of thioether (sulfide) groups is 1. The molecule has 1 aliphatic rings. The van der Waals surface area contributed by atoms with Gasteiger partial charge in [0.05, 0.1) is 11.5 Å². The zero-order valence-corrected chi connectivity index (χ0v) is 14.5. The van der Waals surface area contributed by atoms with Crippen molar-refractivity contribution in [2.75, 3.05) is 0 Å². The SMILES string of the molecule is Cc1cccc(/C=N/N=C2\NC(=O)C(Cc3cccc(C)c3)S2)c1. The maximum absolute atomic E-state index is 12.1. The van der Waals surface area contributed by atoms with E-state index in [2.05, 4.69) is 34.6 Å². The molecule has 2 aromatic carbocycles. The molecule has 1 amide bonds. The lowest BCUT2D eigenvalue weighted by Gasteiger charge is -2.05. The third kappa shape index (κ3) is 4.32. The second kappa shape index (κ2) is 7.45. The van der Waals surface area contributed by atoms with Crippen LogP contribution in [0.15, 0.2) is 58.7 Å². The summed E-state index contributed by atoms with van der Waals surface area (Å²) < 4.78 is 0. The Morgan fingerprint density at radius 1 is 1.12 bits per heavy atom. The Hall–Kier alpha value is -2.40. The number of aryl methyl sites for hydroxylation is 2. The molecule has 24 heavy (non-hydrogen) atoms. The van der Waals surface area contributed by atoms with E-state index in [1.54, 1.807) is 6.21 Å². The highest BCUT2D eigenvalue weighted by Crippen LogP contribution is 2.23. The first-order valence-corrected chi connectivity index (χ1v) is 8.69. The maximum Gasteiger partial charge on any atom is 0.239 e. The van der Waals surface area contributed by atoms with Crippen LogP contribution >= 0.6 is 11.8 Å². The molecule has 0 aromatic heterocycles. The fourth-order valence-corrected chi connectivity index (χ4v) is 3.50. The summed E-state index contributed by atoms with van der Waals surface area (Å²) in [6.07, 6.45) is 2.39. The molecule has 122 valence electrons. The number of amides is 1. The van der Waals surface area contributed by atoms with Gasteiger partial charge in [-0.1, -0.05) is 71.4 Å². The number of nitrogens with one attached hydrogen (secondary N) is 1. The first-order chi connectivity index (χ1) is 11.6. The molecular weight excluding hydrogens is 318 g/mol. The molecule has 1 aliphatic heterocycles. The van der Waals surface area contributed by atoms with E-state index in [0.717, 1.165) is 11.1 Å². The van der Waals surface area contributed by atoms with E-state index >= 15 is 0 Å². The average Bonchev–Trinajstić information content (AvgIpc) is 2.87. The molecule has 1 fully saturated rings. The van der Waals surface area contributed by atoms with Gasteiger partial charge in [-0.15, -0.1) is 5.10 Å². The van der Waals surface area contributed by atoms with Gasteiger partial charge in [-0.3, -0.25) is 4.79 Å². The normalized spacial score (nSPS) is 19.2. The maximum atomic E-state index is 12.1. The number of carbonyl (C=O) groups is 1. The van der Waals surface area contributed by atoms with Crippen LogP contribution in [0.25, 0.3) is 0 Å². The highest BCUT2D eigenvalue weighted by Gasteiger charge is 2.30. The van der Waals surface area contributed by atoms with Crippen LogP contribution in [-0.4, -0.2) is 22.5 Å². The lowest BCUT2D eigenvalue weighted by atomic mass is 10.1. The number of hydrogen-bond acceptors (Lipinski definition) is 4. The van der Waals surface area contributed by atoms with Gasteiger partial charge in [0.25, 0.3) is 0 Å². The standard InChI is InChI=1S/C19H19N3OS/c1-13-5-3-7-15(9-13)11-17-18(23)21-19(24-17)22-20-12-16-8-4-6-14(2)10-16/h3-10,12,17H,11H2,1-2H3,(H,21,22,23)/b20-12+. The van der Waals surface area contributed by atoms with Gasteiger partial charge in [-0.05, 0) is 31.4 Å². The molecule has 1 unspecified atom stereocenters. The van der Waals surface area contributed by atoms with E-state index in [0.29, 0.717) is 11.6 Å². The summed E-state index contributed by atoms with van der Waals surface area (Å²) in [5.74, 6) is -0.00832. The number of nitrogens with zero attached hydrogens (tertiary/aromatic N) is 2. The lowest BCUT2D eigenvalue weighted by Crippen LogP contribution is -2.25. The molecule has 0 bridgehead atoms. The average molecular weight is 337 g/mol. The molecular formula is C19H19N3OS. The first kappa shape index (κ1) is 16.5. The van der Waals surface area contributed by atoms with Crippen LogP contribution in [0, 0.1) is 13.8 Å². The van der Waals surface area contributed by atoms with Crippen molar-refractivity contribution in [2.45, 2.75) is 25.5 Å². The van der Waals surface area contributed by atoms with E-state index in [4.69, 9.17) is 0 Å². The second-order valence-electron chi connectivity index (χ2n) is 5.85. The Balaban J connectivity index is 1.63. The van der Waals surface area contributed by atoms with Gasteiger partial charge in [0.15, 0.2) is 5.17 Å². The Labute approximate surface area is 146 Å². The van der Waals surface area contributed by atoms with E-state index in [1.165, 1.54) is 22.9 Å². The summed E-state index contributed by atoms with van der Waals surface area (Å²) in [5.41, 5.74) is 4.53. The van der Waals surface area contributed by atoms with Crippen molar-refractivity contribution in [2.24, 2.45) is 10.2 Å². The van der Waals surface area contributed by atoms with Crippen molar-refractivity contribution in [1.29, 1.82) is 0 Å². The van der Waals surface area contributed by atoms with Gasteiger partial charge < -0.3 is 5.32 Å². The van der Waals surface area contributed by atoms with E-state index in [-0.39, 0.29) is 11.2 Å². The van der Waals surface area contributed by atoms with Crippen molar-refractivity contribution >= 4 is 29.1 Å². The molecule has 4 nitrogen and oxygen atoms in total. The fourth-order valence-electron chi connectivity index (χ4n) is 2.54. The number of amidine groups is 1. The van der Waals surface area contributed by atoms with Crippen LogP contribution in [0.1, 0.15) is 22.3 Å². The zero-order chi connectivity index (χ0) is 16.9. The zero-order valence-electron chi connectivity index (χ0n) is 13.7. The molecule has 1 atom stereocenters. The monoisotopic (exact) mass is 337 g/mol. The highest BCUT2D eigenvalue weighted by atomic mass is 32.2. The van der Waals surface area contributed by atoms with Crippen LogP contribution in [0.2, 0.25) is 0 Å². The topological polar surface area (TPSA) is 53.8 Å². The van der Waals surface area contributed by atoms with Gasteiger partial charge in [-0.2, -0.15) is 5.10 Å². The van der Waals surface area contributed by atoms with E-state index < -0.39 is 0 Å². The van der Waals surface area contributed by atoms with Crippen molar-refractivity contribution < 1.29 is 4.79 Å². The summed E-state index contributed by atoms with van der Waals surface area (Å²) in [5, 5.41) is 11.4. The van der Waals surface area contributed by atoms with Gasteiger partial charge >= 0.3 is 0 Å². The molecule has 0 spiro atoms. The molecule has 1 N–H and O–H groups in total. The number of hydrogen-bond donors (Lipinski definition) is 1. The van der Waals surface area contributed by atoms with Crippen LogP contribution in [0.4, 0.5) is 0 Å². The van der Waals surface area contributed by atoms with Gasteiger partial charge in [0, 0.05) is 0 Å². The largest absolute Gasteiger partial charge is 0.303 e. The Bertz CT molecular complexity index is 814. The molecule has 2 aromatic rings. The molecule has 0 saturated carbocycles. The summed E-state index contributed by atoms with van der Waals surface area (Å²) in [7, 11) is 0. The van der Waals surface area contributed by atoms with Crippen LogP contribution < -0.4 is 5.32 Å². The van der Waals surface area contributed by atoms with Crippen LogP contribution in [0.5, 0.6) is 0 Å². The number of carbonyl (C=O) groups excluding carboxylic acids is 1. The second-order valence-corrected chi connectivity index (χ2v) is 7.04. The fraction of sp³-hybridized carbons (Fsp3) is 0.211. The number of benzene rings is 2. The Morgan fingerprint density at radius 2 is 1.88 bits per heavy atom. The molecule has 1 heterocycles. The summed E-state index contributed by atoms with van der Waals surface area (Å²) >= 11 is 1.43. The minimum absolute atomic E-state index is 0.00832. The first-order valence-electron chi connectivity index (χ1n) is 7.81. The summed E-state index contributed by atoms with van der Waals surface area (Å²) in [6.45, 7) is 4.09. The smallest absolute Gasteiger partial charge is 0.239 e. The molecule has 0 radical (unpaired) electrons. The minimum atomic E-state index is -0.153. The van der Waals surface area contributed by atoms with Gasteiger partial charge in [0.1, 0.15) is 0 Å². The van der Waals surface area contributed by atoms with Gasteiger partial charge in [0.2, 0.25) is 5.91 Å². The highest BCUT2D eigenvalue weighted by molar-refractivity contribution is 8.15. The molecule has 5 heteroatoms. The molecule has 1 saturated heterocycles. The molecule has 0 aliphatic carbocycles. The summed E-state index contributed by atoms with van der Waals surface area (Å²) in [6, 6.07) is 16.2. The summed E-state index contributed by atoms with van der Waals surface area (Å²) in [4.78, 5) is 12.1. The van der Waals surface area contributed by atoms with E-state index in [1.807, 2.05) is 43.3 Å². The molecule has 3 rings (SSSR count). The Kier molecular flexibility index (Phi) is 5.11. The van der Waals surface area contributed by atoms with Crippen LogP contribution in [0.3, 0.4) is 0 Å². The third-order valence-corrected chi connectivity index (χ3v) is 4.75. The van der Waals surface area contributed by atoms with Gasteiger partial charge in [-0.25, -0.2) is 0 Å². The predicted molar refractivity (Wildman–Crippen MR) is 101 cm³/mol. The predicted octanol–water partition coefficient (Wildman–Crippen LogP) is 3.47. The lowest BCUT2D eigenvalue weighted by molar-refractivity contribution is -0.118. The number of rotatable bonds is 4. The van der Waals surface area contributed by atoms with Crippen LogP contribution in [-0.2, 0) is 11.2 Å².